The summed E-state index contributed by atoms with van der Waals surface area (Å²) in [7, 11) is 0. The lowest BCUT2D eigenvalue weighted by Gasteiger charge is -2.51. The van der Waals surface area contributed by atoms with Crippen LogP contribution in [0.5, 0.6) is 0 Å². The number of hydrazone groups is 1. The minimum atomic E-state index is -0.972. The standard InChI is InChI=1S/C29H37N3O3S/c1-4-16-29(33)17-15-24-23-11-7-6-9-21(31-32-27(30)36)10-8-12-22(23)20(18-28(24,29)3)13-14-26-25(5-2)34-19-35-26/h5-6,9,12-14,20,23-24,33H,2,7-8,10-11,15,17-19H2,1,3H3,(H3,30,32,36)/b9-6+,14-13+,22-12?,31-21?/t20-,23+,24-,28-,29-/m0/s1. The molecule has 1 aliphatic heterocycles. The van der Waals surface area contributed by atoms with Crippen LogP contribution in [0.1, 0.15) is 58.8 Å². The molecule has 192 valence electrons. The fourth-order valence-electron chi connectivity index (χ4n) is 6.56. The van der Waals surface area contributed by atoms with E-state index in [2.05, 4.69) is 60.2 Å². The number of aliphatic hydroxyl groups is 1. The summed E-state index contributed by atoms with van der Waals surface area (Å²) in [5.41, 5.74) is 9.38. The van der Waals surface area contributed by atoms with Crippen LogP contribution in [0.25, 0.3) is 0 Å². The molecule has 0 spiro atoms. The molecule has 0 unspecified atom stereocenters. The number of hydrogen-bond acceptors (Lipinski definition) is 5. The Labute approximate surface area is 220 Å². The Morgan fingerprint density at radius 1 is 1.33 bits per heavy atom. The summed E-state index contributed by atoms with van der Waals surface area (Å²) in [5, 5.41) is 16.3. The molecule has 1 heterocycles. The van der Waals surface area contributed by atoms with Crippen LogP contribution in [0.4, 0.5) is 0 Å². The second kappa shape index (κ2) is 11.1. The van der Waals surface area contributed by atoms with Crippen LogP contribution in [0.2, 0.25) is 0 Å². The van der Waals surface area contributed by atoms with Crippen LogP contribution in [-0.4, -0.2) is 28.3 Å². The van der Waals surface area contributed by atoms with E-state index in [1.54, 1.807) is 6.08 Å². The highest BCUT2D eigenvalue weighted by Crippen LogP contribution is 2.63. The molecule has 6 nitrogen and oxygen atoms in total. The lowest BCUT2D eigenvalue weighted by Crippen LogP contribution is -2.50. The minimum Gasteiger partial charge on any atom is -0.454 e. The first-order valence-corrected chi connectivity index (χ1v) is 13.2. The average Bonchev–Trinajstić information content (AvgIpc) is 3.41. The van der Waals surface area contributed by atoms with Crippen molar-refractivity contribution >= 4 is 23.0 Å². The molecule has 0 saturated heterocycles. The summed E-state index contributed by atoms with van der Waals surface area (Å²) < 4.78 is 11.2. The number of nitrogens with one attached hydrogen (secondary N) is 1. The van der Waals surface area contributed by atoms with E-state index in [1.807, 2.05) is 13.0 Å². The number of rotatable bonds is 4. The average molecular weight is 508 g/mol. The van der Waals surface area contributed by atoms with Crippen LogP contribution in [0.15, 0.2) is 65.2 Å². The number of thiocarbonyl (C=S) groups is 1. The maximum Gasteiger partial charge on any atom is 0.231 e. The molecule has 0 amide bonds. The Morgan fingerprint density at radius 3 is 2.89 bits per heavy atom. The van der Waals surface area contributed by atoms with Gasteiger partial charge in [0, 0.05) is 5.41 Å². The highest BCUT2D eigenvalue weighted by molar-refractivity contribution is 7.80. The quantitative estimate of drug-likeness (QED) is 0.215. The second-order valence-electron chi connectivity index (χ2n) is 10.2. The van der Waals surface area contributed by atoms with Gasteiger partial charge in [-0.2, -0.15) is 5.10 Å². The van der Waals surface area contributed by atoms with E-state index in [0.717, 1.165) is 50.7 Å². The Bertz CT molecular complexity index is 1110. The molecule has 4 aliphatic rings. The molecule has 4 N–H and O–H groups in total. The fourth-order valence-corrected chi connectivity index (χ4v) is 6.61. The maximum atomic E-state index is 11.7. The van der Waals surface area contributed by atoms with Crippen molar-refractivity contribution in [2.45, 2.75) is 64.4 Å². The van der Waals surface area contributed by atoms with E-state index < -0.39 is 5.60 Å². The summed E-state index contributed by atoms with van der Waals surface area (Å²) in [4.78, 5) is 0. The predicted octanol–water partition coefficient (Wildman–Crippen LogP) is 5.00. The zero-order valence-electron chi connectivity index (χ0n) is 21.3. The number of allylic oxidation sites excluding steroid dienone is 7. The van der Waals surface area contributed by atoms with Crippen molar-refractivity contribution in [2.24, 2.45) is 34.0 Å². The van der Waals surface area contributed by atoms with Gasteiger partial charge in [0.2, 0.25) is 6.79 Å². The number of ether oxygens (including phenoxy) is 2. The van der Waals surface area contributed by atoms with E-state index in [1.165, 1.54) is 5.57 Å². The first kappa shape index (κ1) is 26.2. The summed E-state index contributed by atoms with van der Waals surface area (Å²) >= 11 is 4.90. The molecule has 0 aromatic heterocycles. The monoisotopic (exact) mass is 507 g/mol. The Kier molecular flexibility index (Phi) is 8.07. The first-order chi connectivity index (χ1) is 17.3. The van der Waals surface area contributed by atoms with E-state index in [4.69, 9.17) is 27.4 Å². The van der Waals surface area contributed by atoms with Gasteiger partial charge in [0.1, 0.15) is 5.60 Å². The summed E-state index contributed by atoms with van der Waals surface area (Å²) in [6.45, 7) is 8.10. The molecule has 0 aromatic rings. The Morgan fingerprint density at radius 2 is 2.14 bits per heavy atom. The third kappa shape index (κ3) is 5.16. The first-order valence-electron chi connectivity index (χ1n) is 12.8. The van der Waals surface area contributed by atoms with Crippen LogP contribution in [0, 0.1) is 35.0 Å². The van der Waals surface area contributed by atoms with Gasteiger partial charge in [-0.15, -0.1) is 5.92 Å². The van der Waals surface area contributed by atoms with Gasteiger partial charge in [-0.25, -0.2) is 0 Å². The van der Waals surface area contributed by atoms with E-state index in [9.17, 15) is 5.11 Å². The zero-order chi connectivity index (χ0) is 25.8. The Balaban J connectivity index is 1.70. The molecule has 36 heavy (non-hydrogen) atoms. The number of nitrogens with zero attached hydrogens (tertiary/aromatic N) is 1. The number of hydrogen-bond donors (Lipinski definition) is 3. The number of fused-ring (bicyclic) bond motifs is 3. The smallest absolute Gasteiger partial charge is 0.231 e. The third-order valence-corrected chi connectivity index (χ3v) is 8.37. The van der Waals surface area contributed by atoms with Crippen LogP contribution >= 0.6 is 12.2 Å². The van der Waals surface area contributed by atoms with Gasteiger partial charge in [0.25, 0.3) is 0 Å². The Hall–Kier alpha value is -2.82. The number of nitrogens with two attached hydrogens (primary N) is 1. The SMILES string of the molecule is C=CC1=C(/C=C/[C@H]2C[C@@]3(C)[C@@H](CC[C@@]3(O)C#CC)[C@@H]3CC/C=C/C(=NNC(N)=S)CCC=C32)OCO1. The van der Waals surface area contributed by atoms with Crippen LogP contribution in [0.3, 0.4) is 0 Å². The maximum absolute atomic E-state index is 11.7. The topological polar surface area (TPSA) is 89.1 Å². The summed E-state index contributed by atoms with van der Waals surface area (Å²) in [6, 6.07) is 0. The molecule has 0 aromatic carbocycles. The van der Waals surface area contributed by atoms with Gasteiger partial charge < -0.3 is 20.3 Å². The molecule has 7 heteroatoms. The predicted molar refractivity (Wildman–Crippen MR) is 147 cm³/mol. The van der Waals surface area contributed by atoms with Crippen molar-refractivity contribution in [3.8, 4) is 11.8 Å². The van der Waals surface area contributed by atoms with Crippen molar-refractivity contribution in [3.05, 3.63) is 60.1 Å². The van der Waals surface area contributed by atoms with Gasteiger partial charge in [-0.05, 0) is 100 Å². The second-order valence-corrected chi connectivity index (χ2v) is 10.7. The minimum absolute atomic E-state index is 0.154. The largest absolute Gasteiger partial charge is 0.454 e. The highest BCUT2D eigenvalue weighted by atomic mass is 32.1. The van der Waals surface area contributed by atoms with Crippen LogP contribution < -0.4 is 11.2 Å². The zero-order valence-corrected chi connectivity index (χ0v) is 22.1. The van der Waals surface area contributed by atoms with E-state index >= 15 is 0 Å². The van der Waals surface area contributed by atoms with Crippen molar-refractivity contribution in [1.82, 2.24) is 5.43 Å². The molecular formula is C29H37N3O3S. The molecule has 3 aliphatic carbocycles. The lowest BCUT2D eigenvalue weighted by molar-refractivity contribution is -0.0533. The molecule has 2 saturated carbocycles. The van der Waals surface area contributed by atoms with Gasteiger partial charge in [-0.1, -0.05) is 43.2 Å². The highest BCUT2D eigenvalue weighted by Gasteiger charge is 2.61. The molecule has 5 atom stereocenters. The van der Waals surface area contributed by atoms with Crippen molar-refractivity contribution in [2.75, 3.05) is 6.79 Å². The lowest BCUT2D eigenvalue weighted by atomic mass is 9.54. The third-order valence-electron chi connectivity index (χ3n) is 8.28. The van der Waals surface area contributed by atoms with Gasteiger partial charge >= 0.3 is 0 Å². The van der Waals surface area contributed by atoms with Crippen molar-refractivity contribution in [3.63, 3.8) is 0 Å². The van der Waals surface area contributed by atoms with Gasteiger partial charge in [-0.3, -0.25) is 5.43 Å². The normalized spacial score (nSPS) is 36.0. The van der Waals surface area contributed by atoms with Crippen LogP contribution in [-0.2, 0) is 9.47 Å². The molecule has 0 radical (unpaired) electrons. The summed E-state index contributed by atoms with van der Waals surface area (Å²) in [5.74, 6) is 8.49. The van der Waals surface area contributed by atoms with Gasteiger partial charge in [0.15, 0.2) is 16.6 Å². The molecular weight excluding hydrogens is 470 g/mol. The van der Waals surface area contributed by atoms with Crippen molar-refractivity contribution in [1.29, 1.82) is 0 Å². The van der Waals surface area contributed by atoms with Gasteiger partial charge in [0.05, 0.1) is 5.71 Å². The van der Waals surface area contributed by atoms with E-state index in [0.29, 0.717) is 23.4 Å². The molecule has 4 rings (SSSR count). The molecule has 0 bridgehead atoms. The molecule has 2 fully saturated rings. The summed E-state index contributed by atoms with van der Waals surface area (Å²) in [6.07, 6.45) is 18.7. The fraction of sp³-hybridized carbons (Fsp3) is 0.517. The van der Waals surface area contributed by atoms with E-state index in [-0.39, 0.29) is 23.2 Å². The van der Waals surface area contributed by atoms with Crippen molar-refractivity contribution < 1.29 is 14.6 Å².